The summed E-state index contributed by atoms with van der Waals surface area (Å²) in [6.45, 7) is 0. The Labute approximate surface area is 91.0 Å². The van der Waals surface area contributed by atoms with Gasteiger partial charge in [0, 0.05) is 23.5 Å². The summed E-state index contributed by atoms with van der Waals surface area (Å²) in [5, 5.41) is 9.24. The third-order valence-corrected chi connectivity index (χ3v) is 2.49. The van der Waals surface area contributed by atoms with Crippen LogP contribution >= 0.6 is 11.8 Å². The van der Waals surface area contributed by atoms with E-state index in [1.54, 1.807) is 24.7 Å². The lowest BCUT2D eigenvalue weighted by Gasteiger charge is -1.98. The molecule has 2 aromatic heterocycles. The monoisotopic (exact) mass is 214 g/mol. The van der Waals surface area contributed by atoms with Crippen LogP contribution in [0.15, 0.2) is 46.8 Å². The molecule has 0 amide bonds. The van der Waals surface area contributed by atoms with Crippen molar-refractivity contribution in [2.24, 2.45) is 0 Å². The quantitative estimate of drug-likeness (QED) is 0.714. The molecule has 4 nitrogen and oxygen atoms in total. The van der Waals surface area contributed by atoms with Gasteiger partial charge in [-0.1, -0.05) is 0 Å². The van der Waals surface area contributed by atoms with Crippen molar-refractivity contribution in [1.29, 1.82) is 5.26 Å². The average molecular weight is 214 g/mol. The summed E-state index contributed by atoms with van der Waals surface area (Å²) in [5.41, 5.74) is 0.376. The van der Waals surface area contributed by atoms with Crippen LogP contribution in [0.25, 0.3) is 0 Å². The zero-order chi connectivity index (χ0) is 10.5. The molecule has 0 aliphatic rings. The molecular weight excluding hydrogens is 208 g/mol. The standard InChI is InChI=1S/C10H6N4S/c11-7-8-1-6-13-10(14-8)15-9-2-4-12-5-3-9/h1-6H. The van der Waals surface area contributed by atoms with E-state index in [-0.39, 0.29) is 0 Å². The van der Waals surface area contributed by atoms with Crippen LogP contribution < -0.4 is 0 Å². The highest BCUT2D eigenvalue weighted by Crippen LogP contribution is 2.22. The van der Waals surface area contributed by atoms with Crippen molar-refractivity contribution in [3.63, 3.8) is 0 Å². The van der Waals surface area contributed by atoms with Crippen LogP contribution in [-0.2, 0) is 0 Å². The SMILES string of the molecule is N#Cc1ccnc(Sc2ccncc2)n1. The molecule has 5 heteroatoms. The number of pyridine rings is 1. The molecule has 0 aliphatic carbocycles. The predicted octanol–water partition coefficient (Wildman–Crippen LogP) is 1.89. The van der Waals surface area contributed by atoms with Gasteiger partial charge in [0.15, 0.2) is 5.16 Å². The summed E-state index contributed by atoms with van der Waals surface area (Å²) in [6.07, 6.45) is 4.99. The summed E-state index contributed by atoms with van der Waals surface area (Å²) in [7, 11) is 0. The zero-order valence-electron chi connectivity index (χ0n) is 7.66. The Morgan fingerprint density at radius 3 is 2.67 bits per heavy atom. The van der Waals surface area contributed by atoms with Crippen LogP contribution in [0.1, 0.15) is 5.69 Å². The third-order valence-electron chi connectivity index (χ3n) is 1.61. The summed E-state index contributed by atoms with van der Waals surface area (Å²) >= 11 is 1.40. The summed E-state index contributed by atoms with van der Waals surface area (Å²) in [5.74, 6) is 0. The molecule has 0 aromatic carbocycles. The normalized spacial score (nSPS) is 9.53. The smallest absolute Gasteiger partial charge is 0.193 e. The van der Waals surface area contributed by atoms with Crippen molar-refractivity contribution in [2.75, 3.05) is 0 Å². The molecule has 0 saturated carbocycles. The second kappa shape index (κ2) is 4.53. The van der Waals surface area contributed by atoms with Crippen molar-refractivity contribution >= 4 is 11.8 Å². The van der Waals surface area contributed by atoms with Gasteiger partial charge in [0.1, 0.15) is 11.8 Å². The number of hydrogen-bond donors (Lipinski definition) is 0. The molecule has 0 fully saturated rings. The van der Waals surface area contributed by atoms with Crippen LogP contribution in [0.2, 0.25) is 0 Å². The van der Waals surface area contributed by atoms with Gasteiger partial charge in [-0.3, -0.25) is 4.98 Å². The molecule has 15 heavy (non-hydrogen) atoms. The Kier molecular flexibility index (Phi) is 2.90. The molecular formula is C10H6N4S. The largest absolute Gasteiger partial charge is 0.265 e. The first-order valence-electron chi connectivity index (χ1n) is 4.19. The van der Waals surface area contributed by atoms with E-state index in [0.29, 0.717) is 10.9 Å². The van der Waals surface area contributed by atoms with Crippen molar-refractivity contribution in [1.82, 2.24) is 15.0 Å². The van der Waals surface area contributed by atoms with Crippen LogP contribution in [0.3, 0.4) is 0 Å². The van der Waals surface area contributed by atoms with Gasteiger partial charge in [-0.2, -0.15) is 5.26 Å². The predicted molar refractivity (Wildman–Crippen MR) is 55.1 cm³/mol. The average Bonchev–Trinajstić information content (AvgIpc) is 2.31. The van der Waals surface area contributed by atoms with Gasteiger partial charge in [0.05, 0.1) is 0 Å². The molecule has 0 saturated heterocycles. The molecule has 0 spiro atoms. The van der Waals surface area contributed by atoms with Crippen LogP contribution in [0.5, 0.6) is 0 Å². The maximum absolute atomic E-state index is 8.67. The number of hydrogen-bond acceptors (Lipinski definition) is 5. The minimum absolute atomic E-state index is 0.376. The molecule has 0 radical (unpaired) electrons. The Morgan fingerprint density at radius 1 is 1.13 bits per heavy atom. The highest BCUT2D eigenvalue weighted by atomic mass is 32.2. The maximum Gasteiger partial charge on any atom is 0.193 e. The second-order valence-electron chi connectivity index (χ2n) is 2.62. The minimum Gasteiger partial charge on any atom is -0.265 e. The lowest BCUT2D eigenvalue weighted by atomic mass is 10.5. The molecule has 2 heterocycles. The molecule has 0 N–H and O–H groups in total. The van der Waals surface area contributed by atoms with Crippen molar-refractivity contribution in [2.45, 2.75) is 10.1 Å². The number of nitrogens with zero attached hydrogens (tertiary/aromatic N) is 4. The van der Waals surface area contributed by atoms with E-state index in [0.717, 1.165) is 4.90 Å². The molecule has 0 aliphatic heterocycles. The zero-order valence-corrected chi connectivity index (χ0v) is 8.48. The second-order valence-corrected chi connectivity index (χ2v) is 3.66. The molecule has 0 bridgehead atoms. The van der Waals surface area contributed by atoms with E-state index < -0.39 is 0 Å². The highest BCUT2D eigenvalue weighted by molar-refractivity contribution is 7.99. The topological polar surface area (TPSA) is 62.5 Å². The van der Waals surface area contributed by atoms with Gasteiger partial charge in [0.2, 0.25) is 0 Å². The van der Waals surface area contributed by atoms with Gasteiger partial charge in [-0.25, -0.2) is 9.97 Å². The van der Waals surface area contributed by atoms with Crippen LogP contribution in [0.4, 0.5) is 0 Å². The molecule has 0 unspecified atom stereocenters. The van der Waals surface area contributed by atoms with E-state index in [4.69, 9.17) is 5.26 Å². The van der Waals surface area contributed by atoms with Crippen LogP contribution in [-0.4, -0.2) is 15.0 Å². The third kappa shape index (κ3) is 2.51. The molecule has 2 aromatic rings. The van der Waals surface area contributed by atoms with Gasteiger partial charge < -0.3 is 0 Å². The van der Waals surface area contributed by atoms with Gasteiger partial charge >= 0.3 is 0 Å². The fourth-order valence-corrected chi connectivity index (χ4v) is 1.69. The van der Waals surface area contributed by atoms with E-state index in [2.05, 4.69) is 15.0 Å². The fraction of sp³-hybridized carbons (Fsp3) is 0. The first-order valence-corrected chi connectivity index (χ1v) is 5.01. The Morgan fingerprint density at radius 2 is 1.93 bits per heavy atom. The van der Waals surface area contributed by atoms with E-state index >= 15 is 0 Å². The Hall–Kier alpha value is -1.93. The highest BCUT2D eigenvalue weighted by Gasteiger charge is 2.00. The fourth-order valence-electron chi connectivity index (χ4n) is 0.964. The summed E-state index contributed by atoms with van der Waals surface area (Å²) < 4.78 is 0. The first-order chi connectivity index (χ1) is 7.38. The van der Waals surface area contributed by atoms with Crippen molar-refractivity contribution in [3.8, 4) is 6.07 Å². The maximum atomic E-state index is 8.67. The van der Waals surface area contributed by atoms with E-state index in [9.17, 15) is 0 Å². The van der Waals surface area contributed by atoms with Gasteiger partial charge in [-0.15, -0.1) is 0 Å². The number of rotatable bonds is 2. The molecule has 72 valence electrons. The summed E-state index contributed by atoms with van der Waals surface area (Å²) in [4.78, 5) is 13.0. The number of aromatic nitrogens is 3. The Bertz CT molecular complexity index is 492. The molecule has 0 atom stereocenters. The van der Waals surface area contributed by atoms with E-state index in [1.165, 1.54) is 11.8 Å². The van der Waals surface area contributed by atoms with Gasteiger partial charge in [0.25, 0.3) is 0 Å². The van der Waals surface area contributed by atoms with Crippen LogP contribution in [0, 0.1) is 11.3 Å². The number of nitriles is 1. The Balaban J connectivity index is 2.22. The lowest BCUT2D eigenvalue weighted by Crippen LogP contribution is -1.88. The van der Waals surface area contributed by atoms with Gasteiger partial charge in [-0.05, 0) is 30.0 Å². The van der Waals surface area contributed by atoms with Crippen molar-refractivity contribution < 1.29 is 0 Å². The van der Waals surface area contributed by atoms with Crippen molar-refractivity contribution in [3.05, 3.63) is 42.5 Å². The first kappa shape index (κ1) is 9.62. The molecule has 2 rings (SSSR count). The van der Waals surface area contributed by atoms with E-state index in [1.807, 2.05) is 18.2 Å². The minimum atomic E-state index is 0.376. The lowest BCUT2D eigenvalue weighted by molar-refractivity contribution is 0.952. The summed E-state index contributed by atoms with van der Waals surface area (Å²) in [6, 6.07) is 7.29.